The predicted octanol–water partition coefficient (Wildman–Crippen LogP) is 4.47. The number of amides is 1. The lowest BCUT2D eigenvalue weighted by Crippen LogP contribution is -2.42. The maximum absolute atomic E-state index is 13.5. The van der Waals surface area contributed by atoms with Gasteiger partial charge in [0.25, 0.3) is 5.91 Å². The third-order valence-corrected chi connectivity index (χ3v) is 5.78. The molecule has 4 aromatic rings. The molecule has 8 heteroatoms. The first-order chi connectivity index (χ1) is 17.7. The number of aromatic amines is 1. The molecule has 0 spiro atoms. The number of aryl methyl sites for hydroxylation is 1. The Morgan fingerprint density at radius 2 is 1.81 bits per heavy atom. The Hall–Kier alpha value is -4.33. The number of nitrogens with one attached hydrogen (secondary N) is 3. The average molecular weight is 485 g/mol. The molecule has 1 amide bonds. The van der Waals surface area contributed by atoms with Crippen molar-refractivity contribution >= 4 is 11.9 Å². The molecule has 1 atom stereocenters. The van der Waals surface area contributed by atoms with E-state index in [1.54, 1.807) is 43.0 Å². The molecule has 0 aliphatic carbocycles. The number of rotatable bonds is 10. The molecule has 0 saturated heterocycles. The van der Waals surface area contributed by atoms with Crippen molar-refractivity contribution < 1.29 is 9.18 Å². The molecule has 7 nitrogen and oxygen atoms in total. The number of halogens is 1. The molecule has 0 aliphatic heterocycles. The van der Waals surface area contributed by atoms with Gasteiger partial charge in [0.15, 0.2) is 5.96 Å². The molecular weight excluding hydrogens is 455 g/mol. The monoisotopic (exact) mass is 484 g/mol. The van der Waals surface area contributed by atoms with E-state index < -0.39 is 0 Å². The van der Waals surface area contributed by atoms with Crippen LogP contribution in [0.5, 0.6) is 0 Å². The van der Waals surface area contributed by atoms with Crippen LogP contribution in [0, 0.1) is 5.82 Å². The highest BCUT2D eigenvalue weighted by Crippen LogP contribution is 2.27. The highest BCUT2D eigenvalue weighted by Gasteiger charge is 2.15. The smallest absolute Gasteiger partial charge is 0.257 e. The Bertz CT molecular complexity index is 1230. The number of hydrogen-bond donors (Lipinski definition) is 3. The molecule has 2 aromatic heterocycles. The van der Waals surface area contributed by atoms with Gasteiger partial charge in [-0.3, -0.25) is 20.1 Å². The largest absolute Gasteiger partial charge is 0.356 e. The number of aliphatic imine (C=N–C) groups is 1. The van der Waals surface area contributed by atoms with Crippen LogP contribution in [0.15, 0.2) is 96.6 Å². The van der Waals surface area contributed by atoms with E-state index in [9.17, 15) is 9.18 Å². The summed E-state index contributed by atoms with van der Waals surface area (Å²) in [5.41, 5.74) is 3.64. The quantitative estimate of drug-likeness (QED) is 0.176. The number of H-pyrrole nitrogens is 1. The SMILES string of the molecule is O=C(NC(=NCCCc1cnc[nH]1)NCCC(c1ccc(F)cc1)c1cccnc1)c1ccccc1. The van der Waals surface area contributed by atoms with Gasteiger partial charge in [0, 0.05) is 48.9 Å². The van der Waals surface area contributed by atoms with Crippen molar-refractivity contribution in [2.24, 2.45) is 4.99 Å². The normalized spacial score (nSPS) is 12.2. The molecule has 184 valence electrons. The summed E-state index contributed by atoms with van der Waals surface area (Å²) in [6, 6.07) is 19.5. The van der Waals surface area contributed by atoms with E-state index in [1.807, 2.05) is 36.5 Å². The average Bonchev–Trinajstić information content (AvgIpc) is 3.44. The second-order valence-corrected chi connectivity index (χ2v) is 8.34. The number of imidazole rings is 1. The third-order valence-electron chi connectivity index (χ3n) is 5.78. The summed E-state index contributed by atoms with van der Waals surface area (Å²) in [4.78, 5) is 28.8. The number of hydrogen-bond acceptors (Lipinski definition) is 4. The van der Waals surface area contributed by atoms with Gasteiger partial charge in [-0.25, -0.2) is 9.37 Å². The van der Waals surface area contributed by atoms with Gasteiger partial charge in [0.2, 0.25) is 0 Å². The van der Waals surface area contributed by atoms with Crippen molar-refractivity contribution in [2.75, 3.05) is 13.1 Å². The minimum Gasteiger partial charge on any atom is -0.356 e. The topological polar surface area (TPSA) is 95.1 Å². The number of guanidine groups is 1. The van der Waals surface area contributed by atoms with Gasteiger partial charge in [0.1, 0.15) is 5.82 Å². The zero-order valence-corrected chi connectivity index (χ0v) is 19.9. The molecule has 0 aliphatic rings. The number of carbonyl (C=O) groups is 1. The van der Waals surface area contributed by atoms with Crippen LogP contribution < -0.4 is 10.6 Å². The summed E-state index contributed by atoms with van der Waals surface area (Å²) in [7, 11) is 0. The summed E-state index contributed by atoms with van der Waals surface area (Å²) in [5, 5.41) is 6.20. The highest BCUT2D eigenvalue weighted by molar-refractivity contribution is 6.05. The maximum Gasteiger partial charge on any atom is 0.257 e. The first-order valence-corrected chi connectivity index (χ1v) is 12.0. The molecule has 4 rings (SSSR count). The third kappa shape index (κ3) is 7.33. The van der Waals surface area contributed by atoms with Crippen LogP contribution in [0.4, 0.5) is 4.39 Å². The molecule has 36 heavy (non-hydrogen) atoms. The van der Waals surface area contributed by atoms with Crippen LogP contribution in [0.3, 0.4) is 0 Å². The minimum atomic E-state index is -0.269. The number of aromatic nitrogens is 3. The molecule has 0 saturated carbocycles. The standard InChI is InChI=1S/C28H29FN6O/c29-24-12-10-21(11-13-24)26(23-8-4-15-30-18-23)14-17-33-28(32-16-5-9-25-19-31-20-34-25)35-27(36)22-6-2-1-3-7-22/h1-4,6-8,10-13,15,18-20,26H,5,9,14,16-17H2,(H,31,34)(H2,32,33,35,36). The number of nitrogens with zero attached hydrogens (tertiary/aromatic N) is 3. The Morgan fingerprint density at radius 1 is 0.972 bits per heavy atom. The molecule has 0 radical (unpaired) electrons. The van der Waals surface area contributed by atoms with Crippen LogP contribution in [-0.2, 0) is 6.42 Å². The van der Waals surface area contributed by atoms with E-state index in [4.69, 9.17) is 0 Å². The van der Waals surface area contributed by atoms with E-state index in [0.29, 0.717) is 31.0 Å². The first kappa shape index (κ1) is 24.8. The fourth-order valence-electron chi connectivity index (χ4n) is 3.93. The van der Waals surface area contributed by atoms with E-state index in [0.717, 1.165) is 29.7 Å². The van der Waals surface area contributed by atoms with Gasteiger partial charge in [-0.2, -0.15) is 0 Å². The lowest BCUT2D eigenvalue weighted by molar-refractivity contribution is 0.0975. The Kier molecular flexibility index (Phi) is 8.91. The maximum atomic E-state index is 13.5. The molecule has 2 heterocycles. The van der Waals surface area contributed by atoms with Crippen molar-refractivity contribution in [1.29, 1.82) is 0 Å². The summed E-state index contributed by atoms with van der Waals surface area (Å²) >= 11 is 0. The number of pyridine rings is 1. The van der Waals surface area contributed by atoms with E-state index in [2.05, 4.69) is 30.6 Å². The first-order valence-electron chi connectivity index (χ1n) is 12.0. The summed E-state index contributed by atoms with van der Waals surface area (Å²) in [5.74, 6) is -0.0523. The predicted molar refractivity (Wildman–Crippen MR) is 138 cm³/mol. The second-order valence-electron chi connectivity index (χ2n) is 8.34. The zero-order chi connectivity index (χ0) is 25.0. The molecule has 3 N–H and O–H groups in total. The van der Waals surface area contributed by atoms with Crippen LogP contribution in [0.1, 0.15) is 45.9 Å². The van der Waals surface area contributed by atoms with Crippen LogP contribution in [-0.4, -0.2) is 39.9 Å². The van der Waals surface area contributed by atoms with Crippen LogP contribution >= 0.6 is 0 Å². The summed E-state index contributed by atoms with van der Waals surface area (Å²) in [6.07, 6.45) is 9.34. The van der Waals surface area contributed by atoms with Gasteiger partial charge < -0.3 is 10.3 Å². The van der Waals surface area contributed by atoms with Crippen molar-refractivity contribution in [3.63, 3.8) is 0 Å². The highest BCUT2D eigenvalue weighted by atomic mass is 19.1. The zero-order valence-electron chi connectivity index (χ0n) is 19.9. The van der Waals surface area contributed by atoms with Gasteiger partial charge in [-0.05, 0) is 60.7 Å². The number of carbonyl (C=O) groups excluding carboxylic acids is 1. The van der Waals surface area contributed by atoms with Crippen LogP contribution in [0.25, 0.3) is 0 Å². The molecule has 1 unspecified atom stereocenters. The lowest BCUT2D eigenvalue weighted by Gasteiger charge is -2.19. The molecular formula is C28H29FN6O. The van der Waals surface area contributed by atoms with Gasteiger partial charge in [-0.15, -0.1) is 0 Å². The van der Waals surface area contributed by atoms with Crippen molar-refractivity contribution in [3.8, 4) is 0 Å². The Labute approximate surface area is 209 Å². The summed E-state index contributed by atoms with van der Waals surface area (Å²) in [6.45, 7) is 1.09. The van der Waals surface area contributed by atoms with Crippen molar-refractivity contribution in [3.05, 3.63) is 120 Å². The van der Waals surface area contributed by atoms with Gasteiger partial charge >= 0.3 is 0 Å². The number of benzene rings is 2. The van der Waals surface area contributed by atoms with Crippen LogP contribution in [0.2, 0.25) is 0 Å². The fraction of sp³-hybridized carbons (Fsp3) is 0.214. The molecule has 2 aromatic carbocycles. The molecule has 0 fully saturated rings. The Balaban J connectivity index is 1.43. The van der Waals surface area contributed by atoms with Gasteiger partial charge in [-0.1, -0.05) is 36.4 Å². The van der Waals surface area contributed by atoms with E-state index in [-0.39, 0.29) is 17.6 Å². The van der Waals surface area contributed by atoms with Crippen molar-refractivity contribution in [1.82, 2.24) is 25.6 Å². The Morgan fingerprint density at radius 3 is 2.53 bits per heavy atom. The fourth-order valence-corrected chi connectivity index (χ4v) is 3.93. The van der Waals surface area contributed by atoms with E-state index in [1.165, 1.54) is 12.1 Å². The lowest BCUT2D eigenvalue weighted by atomic mass is 9.89. The minimum absolute atomic E-state index is 0.0123. The molecule has 0 bridgehead atoms. The van der Waals surface area contributed by atoms with E-state index >= 15 is 0 Å². The van der Waals surface area contributed by atoms with Gasteiger partial charge in [0.05, 0.1) is 6.33 Å². The summed E-state index contributed by atoms with van der Waals surface area (Å²) < 4.78 is 13.5. The van der Waals surface area contributed by atoms with Crippen molar-refractivity contribution in [2.45, 2.75) is 25.2 Å². The second kappa shape index (κ2) is 12.9.